The van der Waals surface area contributed by atoms with Crippen molar-refractivity contribution in [3.05, 3.63) is 81.9 Å². The molecule has 0 fully saturated rings. The topological polar surface area (TPSA) is 81.8 Å². The zero-order valence-corrected chi connectivity index (χ0v) is 17.3. The molecule has 0 saturated heterocycles. The van der Waals surface area contributed by atoms with E-state index in [1.54, 1.807) is 35.1 Å². The first-order valence-corrected chi connectivity index (χ1v) is 9.91. The molecular formula is C22H20ClN5O2. The molecule has 0 atom stereocenters. The van der Waals surface area contributed by atoms with E-state index < -0.39 is 0 Å². The summed E-state index contributed by atoms with van der Waals surface area (Å²) >= 11 is 5.97. The van der Waals surface area contributed by atoms with Crippen molar-refractivity contribution >= 4 is 34.1 Å². The standard InChI is InChI=1S/C22H20ClN5O2/c1-14(2)20-18-12-24-28(17-9-4-3-5-10-17)21(18)22(30)27(26-20)13-19(29)25-16-8-6-7-15(23)11-16/h3-12,14H,13H2,1-2H3,(H,25,29). The summed E-state index contributed by atoms with van der Waals surface area (Å²) in [6, 6.07) is 16.2. The molecular weight excluding hydrogens is 402 g/mol. The SMILES string of the molecule is CC(C)c1nn(CC(=O)Nc2cccc(Cl)c2)c(=O)c2c1cnn2-c1ccccc1. The van der Waals surface area contributed by atoms with Crippen molar-refractivity contribution in [1.29, 1.82) is 0 Å². The molecule has 4 rings (SSSR count). The van der Waals surface area contributed by atoms with Gasteiger partial charge in [0, 0.05) is 16.1 Å². The fourth-order valence-electron chi connectivity index (χ4n) is 3.29. The minimum atomic E-state index is -0.378. The molecule has 0 aliphatic carbocycles. The average Bonchev–Trinajstić information content (AvgIpc) is 3.16. The Balaban J connectivity index is 1.77. The lowest BCUT2D eigenvalue weighted by atomic mass is 10.1. The van der Waals surface area contributed by atoms with Gasteiger partial charge >= 0.3 is 0 Å². The molecule has 0 radical (unpaired) electrons. The molecule has 152 valence electrons. The maximum atomic E-state index is 13.2. The van der Waals surface area contributed by atoms with Crippen LogP contribution >= 0.6 is 11.6 Å². The maximum absolute atomic E-state index is 13.2. The number of fused-ring (bicyclic) bond motifs is 1. The molecule has 0 saturated carbocycles. The molecule has 8 heteroatoms. The van der Waals surface area contributed by atoms with E-state index >= 15 is 0 Å². The minimum Gasteiger partial charge on any atom is -0.324 e. The molecule has 7 nitrogen and oxygen atoms in total. The van der Waals surface area contributed by atoms with Crippen molar-refractivity contribution in [2.75, 3.05) is 5.32 Å². The van der Waals surface area contributed by atoms with E-state index in [0.717, 1.165) is 5.69 Å². The number of aromatic nitrogens is 4. The zero-order valence-electron chi connectivity index (χ0n) is 16.5. The van der Waals surface area contributed by atoms with Crippen LogP contribution < -0.4 is 10.9 Å². The van der Waals surface area contributed by atoms with Crippen LogP contribution in [0.2, 0.25) is 5.02 Å². The van der Waals surface area contributed by atoms with Crippen LogP contribution in [0.3, 0.4) is 0 Å². The van der Waals surface area contributed by atoms with Crippen LogP contribution in [-0.2, 0) is 11.3 Å². The first-order chi connectivity index (χ1) is 14.4. The fourth-order valence-corrected chi connectivity index (χ4v) is 3.48. The second-order valence-electron chi connectivity index (χ2n) is 7.22. The predicted octanol–water partition coefficient (Wildman–Crippen LogP) is 4.00. The van der Waals surface area contributed by atoms with Crippen LogP contribution in [0.1, 0.15) is 25.5 Å². The Morgan fingerprint density at radius 3 is 2.60 bits per heavy atom. The molecule has 0 aliphatic rings. The lowest BCUT2D eigenvalue weighted by Crippen LogP contribution is -2.31. The van der Waals surface area contributed by atoms with E-state index in [9.17, 15) is 9.59 Å². The molecule has 1 N–H and O–H groups in total. The van der Waals surface area contributed by atoms with Crippen LogP contribution in [0.4, 0.5) is 5.69 Å². The smallest absolute Gasteiger partial charge is 0.293 e. The van der Waals surface area contributed by atoms with Crippen molar-refractivity contribution in [3.63, 3.8) is 0 Å². The maximum Gasteiger partial charge on any atom is 0.293 e. The van der Waals surface area contributed by atoms with Crippen LogP contribution in [0.5, 0.6) is 0 Å². The molecule has 2 heterocycles. The van der Waals surface area contributed by atoms with E-state index in [2.05, 4.69) is 15.5 Å². The van der Waals surface area contributed by atoms with Gasteiger partial charge in [-0.1, -0.05) is 49.7 Å². The first kappa shape index (κ1) is 19.8. The van der Waals surface area contributed by atoms with Crippen LogP contribution in [0, 0.1) is 0 Å². The average molecular weight is 422 g/mol. The van der Waals surface area contributed by atoms with Gasteiger partial charge in [0.2, 0.25) is 5.91 Å². The number of hydrogen-bond acceptors (Lipinski definition) is 4. The Labute approximate surface area is 177 Å². The second-order valence-corrected chi connectivity index (χ2v) is 7.65. The number of rotatable bonds is 5. The lowest BCUT2D eigenvalue weighted by Gasteiger charge is -2.12. The van der Waals surface area contributed by atoms with Crippen LogP contribution in [0.25, 0.3) is 16.6 Å². The van der Waals surface area contributed by atoms with Gasteiger partial charge in [-0.25, -0.2) is 9.36 Å². The summed E-state index contributed by atoms with van der Waals surface area (Å²) in [5.41, 5.74) is 2.05. The molecule has 30 heavy (non-hydrogen) atoms. The van der Waals surface area contributed by atoms with Gasteiger partial charge in [-0.15, -0.1) is 0 Å². The fraction of sp³-hybridized carbons (Fsp3) is 0.182. The van der Waals surface area contributed by atoms with Crippen LogP contribution in [-0.4, -0.2) is 25.5 Å². The number of nitrogens with one attached hydrogen (secondary N) is 1. The highest BCUT2D eigenvalue weighted by Gasteiger charge is 2.20. The Morgan fingerprint density at radius 2 is 1.90 bits per heavy atom. The number of nitrogens with zero attached hydrogens (tertiary/aromatic N) is 4. The number of halogens is 1. The molecule has 4 aromatic rings. The number of hydrogen-bond donors (Lipinski definition) is 1. The molecule has 0 aliphatic heterocycles. The van der Waals surface area contributed by atoms with Gasteiger partial charge in [-0.3, -0.25) is 9.59 Å². The molecule has 2 aromatic carbocycles. The second kappa shape index (κ2) is 8.12. The third-order valence-corrected chi connectivity index (χ3v) is 4.90. The summed E-state index contributed by atoms with van der Waals surface area (Å²) < 4.78 is 2.79. The van der Waals surface area contributed by atoms with Gasteiger partial charge in [0.25, 0.3) is 5.56 Å². The van der Waals surface area contributed by atoms with Crippen molar-refractivity contribution in [2.45, 2.75) is 26.3 Å². The number of carbonyl (C=O) groups is 1. The van der Waals surface area contributed by atoms with E-state index in [1.807, 2.05) is 44.2 Å². The highest BCUT2D eigenvalue weighted by Crippen LogP contribution is 2.23. The third-order valence-electron chi connectivity index (χ3n) is 4.66. The van der Waals surface area contributed by atoms with Gasteiger partial charge < -0.3 is 5.32 Å². The van der Waals surface area contributed by atoms with Crippen LogP contribution in [0.15, 0.2) is 65.6 Å². The number of amides is 1. The molecule has 0 spiro atoms. The monoisotopic (exact) mass is 421 g/mol. The van der Waals surface area contributed by atoms with Crippen molar-refractivity contribution in [1.82, 2.24) is 19.6 Å². The largest absolute Gasteiger partial charge is 0.324 e. The summed E-state index contributed by atoms with van der Waals surface area (Å²) in [4.78, 5) is 25.8. The quantitative estimate of drug-likeness (QED) is 0.528. The lowest BCUT2D eigenvalue weighted by molar-refractivity contribution is -0.117. The van der Waals surface area contributed by atoms with Gasteiger partial charge in [-0.05, 0) is 36.2 Å². The molecule has 0 unspecified atom stereocenters. The highest BCUT2D eigenvalue weighted by molar-refractivity contribution is 6.30. The zero-order chi connectivity index (χ0) is 21.3. The first-order valence-electron chi connectivity index (χ1n) is 9.53. The third kappa shape index (κ3) is 3.84. The Morgan fingerprint density at radius 1 is 1.13 bits per heavy atom. The Kier molecular flexibility index (Phi) is 5.37. The molecule has 2 aromatic heterocycles. The normalized spacial score (nSPS) is 11.2. The Bertz CT molecular complexity index is 1280. The van der Waals surface area contributed by atoms with E-state index in [-0.39, 0.29) is 23.9 Å². The summed E-state index contributed by atoms with van der Waals surface area (Å²) in [5, 5.41) is 12.8. The van der Waals surface area contributed by atoms with Crippen molar-refractivity contribution < 1.29 is 4.79 Å². The number of anilines is 1. The highest BCUT2D eigenvalue weighted by atomic mass is 35.5. The molecule has 0 bridgehead atoms. The summed E-state index contributed by atoms with van der Waals surface area (Å²) in [6.07, 6.45) is 1.66. The number of para-hydroxylation sites is 1. The summed E-state index contributed by atoms with van der Waals surface area (Å²) in [6.45, 7) is 3.76. The number of carbonyl (C=O) groups excluding carboxylic acids is 1. The van der Waals surface area contributed by atoms with Gasteiger partial charge in [0.05, 0.1) is 17.6 Å². The van der Waals surface area contributed by atoms with E-state index in [1.165, 1.54) is 4.68 Å². The summed E-state index contributed by atoms with van der Waals surface area (Å²) in [5.74, 6) is -0.324. The van der Waals surface area contributed by atoms with Gasteiger partial charge in [0.1, 0.15) is 12.1 Å². The molecule has 1 amide bonds. The van der Waals surface area contributed by atoms with Crippen molar-refractivity contribution in [3.8, 4) is 5.69 Å². The minimum absolute atomic E-state index is 0.0452. The van der Waals surface area contributed by atoms with E-state index in [4.69, 9.17) is 11.6 Å². The van der Waals surface area contributed by atoms with Crippen molar-refractivity contribution in [2.24, 2.45) is 0 Å². The number of benzene rings is 2. The summed E-state index contributed by atoms with van der Waals surface area (Å²) in [7, 11) is 0. The Hall–Kier alpha value is -3.45. The van der Waals surface area contributed by atoms with E-state index in [0.29, 0.717) is 27.3 Å². The van der Waals surface area contributed by atoms with Gasteiger partial charge in [0.15, 0.2) is 0 Å². The van der Waals surface area contributed by atoms with Gasteiger partial charge in [-0.2, -0.15) is 10.2 Å². The predicted molar refractivity (Wildman–Crippen MR) is 117 cm³/mol.